The Bertz CT molecular complexity index is 1320. The highest BCUT2D eigenvalue weighted by Crippen LogP contribution is 2.33. The Labute approximate surface area is 220 Å². The first-order valence-electron chi connectivity index (χ1n) is 11.5. The van der Waals surface area contributed by atoms with E-state index in [0.29, 0.717) is 34.7 Å². The van der Waals surface area contributed by atoms with Gasteiger partial charge in [-0.1, -0.05) is 23.2 Å². The number of halogens is 3. The van der Waals surface area contributed by atoms with E-state index in [4.69, 9.17) is 27.6 Å². The molecular weight excluding hydrogens is 507 g/mol. The SMILES string of the molecule is Cc1cc(C(=O)NCC2CCNCC2)nn1Cc1cc(Cl)cc2cc(-c3ccc(Cl)cc3)oc12.Cl. The molecule has 9 heteroatoms. The Hall–Kier alpha value is -2.51. The fourth-order valence-corrected chi connectivity index (χ4v) is 4.79. The highest BCUT2D eigenvalue weighted by molar-refractivity contribution is 6.31. The molecule has 0 atom stereocenters. The number of carbonyl (C=O) groups is 1. The summed E-state index contributed by atoms with van der Waals surface area (Å²) in [7, 11) is 0. The van der Waals surface area contributed by atoms with Crippen LogP contribution in [0.2, 0.25) is 10.0 Å². The van der Waals surface area contributed by atoms with Gasteiger partial charge in [0.05, 0.1) is 6.54 Å². The van der Waals surface area contributed by atoms with E-state index in [-0.39, 0.29) is 18.3 Å². The number of hydrogen-bond acceptors (Lipinski definition) is 4. The topological polar surface area (TPSA) is 72.1 Å². The van der Waals surface area contributed by atoms with Crippen LogP contribution in [-0.4, -0.2) is 35.3 Å². The lowest BCUT2D eigenvalue weighted by molar-refractivity contribution is 0.0938. The number of carbonyl (C=O) groups excluding carboxylic acids is 1. The van der Waals surface area contributed by atoms with Gasteiger partial charge in [0, 0.05) is 38.8 Å². The molecule has 1 amide bonds. The number of benzene rings is 2. The number of aryl methyl sites for hydroxylation is 1. The molecule has 0 unspecified atom stereocenters. The van der Waals surface area contributed by atoms with Crippen LogP contribution in [0.1, 0.15) is 34.6 Å². The molecule has 2 aromatic carbocycles. The van der Waals surface area contributed by atoms with Crippen LogP contribution in [-0.2, 0) is 6.54 Å². The molecular formula is C26H27Cl3N4O2. The molecule has 1 saturated heterocycles. The summed E-state index contributed by atoms with van der Waals surface area (Å²) in [5.41, 5.74) is 3.90. The Morgan fingerprint density at radius 3 is 2.60 bits per heavy atom. The summed E-state index contributed by atoms with van der Waals surface area (Å²) < 4.78 is 8.04. The Kier molecular flexibility index (Phi) is 8.07. The Morgan fingerprint density at radius 2 is 1.86 bits per heavy atom. The van der Waals surface area contributed by atoms with Gasteiger partial charge in [0.15, 0.2) is 0 Å². The van der Waals surface area contributed by atoms with Gasteiger partial charge in [-0.15, -0.1) is 12.4 Å². The van der Waals surface area contributed by atoms with Crippen molar-refractivity contribution in [3.8, 4) is 11.3 Å². The third-order valence-corrected chi connectivity index (χ3v) is 6.80. The number of piperidine rings is 1. The predicted molar refractivity (Wildman–Crippen MR) is 143 cm³/mol. The number of nitrogens with one attached hydrogen (secondary N) is 2. The number of fused-ring (bicyclic) bond motifs is 1. The molecule has 0 saturated carbocycles. The summed E-state index contributed by atoms with van der Waals surface area (Å²) in [6.45, 7) is 5.09. The van der Waals surface area contributed by atoms with Gasteiger partial charge >= 0.3 is 0 Å². The fourth-order valence-electron chi connectivity index (χ4n) is 4.42. The van der Waals surface area contributed by atoms with Crippen molar-refractivity contribution >= 4 is 52.5 Å². The highest BCUT2D eigenvalue weighted by atomic mass is 35.5. The monoisotopic (exact) mass is 532 g/mol. The minimum absolute atomic E-state index is 0. The van der Waals surface area contributed by atoms with Crippen LogP contribution in [0.25, 0.3) is 22.3 Å². The third-order valence-electron chi connectivity index (χ3n) is 6.33. The van der Waals surface area contributed by atoms with E-state index in [1.165, 1.54) is 0 Å². The van der Waals surface area contributed by atoms with E-state index >= 15 is 0 Å². The first-order chi connectivity index (χ1) is 16.5. The van der Waals surface area contributed by atoms with Crippen molar-refractivity contribution < 1.29 is 9.21 Å². The summed E-state index contributed by atoms with van der Waals surface area (Å²) in [4.78, 5) is 12.7. The molecule has 0 radical (unpaired) electrons. The number of nitrogens with zero attached hydrogens (tertiary/aromatic N) is 2. The zero-order valence-electron chi connectivity index (χ0n) is 19.3. The molecule has 3 heterocycles. The minimum Gasteiger partial charge on any atom is -0.456 e. The zero-order valence-corrected chi connectivity index (χ0v) is 21.6. The van der Waals surface area contributed by atoms with Gasteiger partial charge in [0.2, 0.25) is 0 Å². The maximum Gasteiger partial charge on any atom is 0.271 e. The lowest BCUT2D eigenvalue weighted by Crippen LogP contribution is -2.36. The first kappa shape index (κ1) is 25.6. The van der Waals surface area contributed by atoms with E-state index in [1.54, 1.807) is 0 Å². The molecule has 1 aliphatic heterocycles. The Morgan fingerprint density at radius 1 is 1.11 bits per heavy atom. The average Bonchev–Trinajstić information content (AvgIpc) is 3.42. The molecule has 0 aliphatic carbocycles. The van der Waals surface area contributed by atoms with Crippen molar-refractivity contribution in [1.29, 1.82) is 0 Å². The van der Waals surface area contributed by atoms with Crippen molar-refractivity contribution in [3.63, 3.8) is 0 Å². The van der Waals surface area contributed by atoms with Gasteiger partial charge in [0.1, 0.15) is 17.0 Å². The van der Waals surface area contributed by atoms with Crippen LogP contribution < -0.4 is 10.6 Å². The molecule has 2 aromatic heterocycles. The van der Waals surface area contributed by atoms with Crippen molar-refractivity contribution in [2.45, 2.75) is 26.3 Å². The third kappa shape index (κ3) is 5.84. The summed E-state index contributed by atoms with van der Waals surface area (Å²) in [5.74, 6) is 1.12. The molecule has 0 bridgehead atoms. The van der Waals surface area contributed by atoms with Gasteiger partial charge in [-0.3, -0.25) is 9.48 Å². The lowest BCUT2D eigenvalue weighted by Gasteiger charge is -2.22. The highest BCUT2D eigenvalue weighted by Gasteiger charge is 2.18. The number of aromatic nitrogens is 2. The predicted octanol–water partition coefficient (Wildman–Crippen LogP) is 6.11. The molecule has 6 nitrogen and oxygen atoms in total. The molecule has 1 fully saturated rings. The average molecular weight is 534 g/mol. The first-order valence-corrected chi connectivity index (χ1v) is 12.2. The van der Waals surface area contributed by atoms with Gasteiger partial charge in [-0.25, -0.2) is 0 Å². The van der Waals surface area contributed by atoms with E-state index in [0.717, 1.165) is 59.5 Å². The molecule has 1 aliphatic rings. The van der Waals surface area contributed by atoms with Crippen LogP contribution >= 0.6 is 35.6 Å². The van der Waals surface area contributed by atoms with E-state index < -0.39 is 0 Å². The molecule has 35 heavy (non-hydrogen) atoms. The second-order valence-electron chi connectivity index (χ2n) is 8.83. The summed E-state index contributed by atoms with van der Waals surface area (Å²) in [6, 6.07) is 15.1. The summed E-state index contributed by atoms with van der Waals surface area (Å²) in [6.07, 6.45) is 2.17. The number of hydrogen-bond donors (Lipinski definition) is 2. The second kappa shape index (κ2) is 11.0. The molecule has 184 valence electrons. The van der Waals surface area contributed by atoms with Crippen LogP contribution in [0, 0.1) is 12.8 Å². The maximum atomic E-state index is 12.7. The van der Waals surface area contributed by atoms with Crippen LogP contribution in [0.3, 0.4) is 0 Å². The smallest absolute Gasteiger partial charge is 0.271 e. The van der Waals surface area contributed by atoms with Crippen LogP contribution in [0.5, 0.6) is 0 Å². The van der Waals surface area contributed by atoms with Gasteiger partial charge in [-0.2, -0.15) is 5.10 Å². The van der Waals surface area contributed by atoms with E-state index in [9.17, 15) is 4.79 Å². The van der Waals surface area contributed by atoms with Crippen molar-refractivity contribution in [1.82, 2.24) is 20.4 Å². The standard InChI is InChI=1S/C26H26Cl2N4O2.ClH/c1-16-10-23(26(33)30-14-17-6-8-29-9-7-17)31-32(16)15-20-12-22(28)11-19-13-24(34-25(19)20)18-2-4-21(27)5-3-18;/h2-5,10-13,17,29H,6-9,14-15H2,1H3,(H,30,33);1H. The van der Waals surface area contributed by atoms with Crippen molar-refractivity contribution in [2.24, 2.45) is 5.92 Å². The normalized spacial score (nSPS) is 14.1. The summed E-state index contributed by atoms with van der Waals surface area (Å²) in [5, 5.41) is 13.2. The molecule has 5 rings (SSSR count). The van der Waals surface area contributed by atoms with Crippen molar-refractivity contribution in [3.05, 3.63) is 75.5 Å². The van der Waals surface area contributed by atoms with Crippen LogP contribution in [0.15, 0.2) is 52.9 Å². The quantitative estimate of drug-likeness (QED) is 0.314. The number of furan rings is 1. The maximum absolute atomic E-state index is 12.7. The van der Waals surface area contributed by atoms with Gasteiger partial charge in [-0.05, 0) is 87.3 Å². The molecule has 4 aromatic rings. The Balaban J connectivity index is 0.00000289. The molecule has 2 N–H and O–H groups in total. The van der Waals surface area contributed by atoms with Gasteiger partial charge < -0.3 is 15.1 Å². The molecule has 0 spiro atoms. The second-order valence-corrected chi connectivity index (χ2v) is 9.71. The number of rotatable bonds is 6. The largest absolute Gasteiger partial charge is 0.456 e. The lowest BCUT2D eigenvalue weighted by atomic mass is 9.98. The summed E-state index contributed by atoms with van der Waals surface area (Å²) >= 11 is 12.4. The van der Waals surface area contributed by atoms with Crippen molar-refractivity contribution in [2.75, 3.05) is 19.6 Å². The van der Waals surface area contributed by atoms with Gasteiger partial charge in [0.25, 0.3) is 5.91 Å². The number of amides is 1. The fraction of sp³-hybridized carbons (Fsp3) is 0.308. The zero-order chi connectivity index (χ0) is 23.7. The van der Waals surface area contributed by atoms with Crippen LogP contribution in [0.4, 0.5) is 0 Å². The van der Waals surface area contributed by atoms with E-state index in [2.05, 4.69) is 15.7 Å². The minimum atomic E-state index is -0.139. The van der Waals surface area contributed by atoms with E-state index in [1.807, 2.05) is 60.1 Å².